The number of esters is 1. The van der Waals surface area contributed by atoms with Crippen molar-refractivity contribution in [2.24, 2.45) is 5.41 Å². The molecule has 1 saturated heterocycles. The zero-order valence-electron chi connectivity index (χ0n) is 22.8. The first-order chi connectivity index (χ1) is 17.2. The molecule has 1 aromatic heterocycles. The number of hydrogen-bond donors (Lipinski definition) is 1. The van der Waals surface area contributed by atoms with Crippen LogP contribution in [-0.2, 0) is 19.1 Å². The van der Waals surface area contributed by atoms with Gasteiger partial charge in [-0.2, -0.15) is 0 Å². The van der Waals surface area contributed by atoms with Crippen molar-refractivity contribution < 1.29 is 33.3 Å². The maximum Gasteiger partial charge on any atom is 0.408 e. The summed E-state index contributed by atoms with van der Waals surface area (Å²) in [5, 5.41) is 4.36. The molecule has 3 atom stereocenters. The van der Waals surface area contributed by atoms with Gasteiger partial charge in [0.25, 0.3) is 0 Å². The van der Waals surface area contributed by atoms with E-state index in [2.05, 4.69) is 10.3 Å². The number of amides is 2. The second kappa shape index (κ2) is 10.8. The van der Waals surface area contributed by atoms with Crippen molar-refractivity contribution in [3.05, 3.63) is 30.5 Å². The van der Waals surface area contributed by atoms with Gasteiger partial charge in [0.1, 0.15) is 29.5 Å². The first-order valence-corrected chi connectivity index (χ1v) is 12.2. The van der Waals surface area contributed by atoms with Crippen LogP contribution in [0.3, 0.4) is 0 Å². The van der Waals surface area contributed by atoms with Crippen LogP contribution < -0.4 is 14.8 Å². The smallest absolute Gasteiger partial charge is 0.408 e. The zero-order valence-corrected chi connectivity index (χ0v) is 22.8. The fourth-order valence-electron chi connectivity index (χ4n) is 4.23. The lowest BCUT2D eigenvalue weighted by atomic mass is 9.85. The Morgan fingerprint density at radius 2 is 1.78 bits per heavy atom. The molecule has 3 rings (SSSR count). The number of nitrogens with zero attached hydrogens (tertiary/aromatic N) is 2. The number of likely N-dealkylation sites (tertiary alicyclic amines) is 1. The summed E-state index contributed by atoms with van der Waals surface area (Å²) >= 11 is 0. The molecular weight excluding hydrogens is 478 g/mol. The lowest BCUT2D eigenvalue weighted by Crippen LogP contribution is -2.57. The van der Waals surface area contributed by atoms with Crippen LogP contribution >= 0.6 is 0 Å². The Hall–Kier alpha value is -3.56. The Morgan fingerprint density at radius 1 is 1.08 bits per heavy atom. The predicted octanol–water partition coefficient (Wildman–Crippen LogP) is 3.70. The Morgan fingerprint density at radius 3 is 2.38 bits per heavy atom. The standard InChI is InChI=1S/C27H37N3O7/c1-26(2,3)21(29-25(33)37-27(4,5)6)23(31)30-15-18(14-20(30)24(32)35-8)36-22-19-10-9-17(34-7)13-16(19)11-12-28-22/h9-13,18,20-21H,14-15H2,1-8H3,(H,29,33). The summed E-state index contributed by atoms with van der Waals surface area (Å²) in [4.78, 5) is 44.8. The number of rotatable bonds is 6. The number of hydrogen-bond acceptors (Lipinski definition) is 8. The molecule has 3 unspecified atom stereocenters. The van der Waals surface area contributed by atoms with E-state index in [0.717, 1.165) is 10.8 Å². The minimum atomic E-state index is -0.948. The van der Waals surface area contributed by atoms with E-state index in [0.29, 0.717) is 11.6 Å². The Kier molecular flexibility index (Phi) is 8.19. The van der Waals surface area contributed by atoms with Gasteiger partial charge in [0.15, 0.2) is 0 Å². The topological polar surface area (TPSA) is 116 Å². The number of carbonyl (C=O) groups is 3. The van der Waals surface area contributed by atoms with E-state index in [4.69, 9.17) is 18.9 Å². The largest absolute Gasteiger partial charge is 0.497 e. The molecule has 10 heteroatoms. The van der Waals surface area contributed by atoms with Crippen LogP contribution in [0.4, 0.5) is 4.79 Å². The van der Waals surface area contributed by atoms with Crippen LogP contribution in [0.2, 0.25) is 0 Å². The summed E-state index contributed by atoms with van der Waals surface area (Å²) < 4.78 is 21.9. The van der Waals surface area contributed by atoms with Crippen molar-refractivity contribution >= 4 is 28.7 Å². The number of benzene rings is 1. The molecule has 202 valence electrons. The molecule has 0 saturated carbocycles. The molecule has 1 N–H and O–H groups in total. The number of carbonyl (C=O) groups excluding carboxylic acids is 3. The number of methoxy groups -OCH3 is 2. The minimum absolute atomic E-state index is 0.120. The fraction of sp³-hybridized carbons (Fsp3) is 0.556. The molecule has 2 heterocycles. The SMILES string of the molecule is COC(=O)C1CC(Oc2nccc3cc(OC)ccc23)CN1C(=O)C(NC(=O)OC(C)(C)C)C(C)(C)C. The minimum Gasteiger partial charge on any atom is -0.497 e. The van der Waals surface area contributed by atoms with E-state index in [9.17, 15) is 14.4 Å². The van der Waals surface area contributed by atoms with E-state index < -0.39 is 47.2 Å². The van der Waals surface area contributed by atoms with Gasteiger partial charge in [-0.25, -0.2) is 14.6 Å². The van der Waals surface area contributed by atoms with E-state index in [1.54, 1.807) is 34.1 Å². The van der Waals surface area contributed by atoms with E-state index in [-0.39, 0.29) is 13.0 Å². The van der Waals surface area contributed by atoms with Gasteiger partial charge in [0, 0.05) is 18.0 Å². The molecular formula is C27H37N3O7. The highest BCUT2D eigenvalue weighted by molar-refractivity contribution is 5.91. The molecule has 0 aliphatic carbocycles. The first-order valence-electron chi connectivity index (χ1n) is 12.2. The van der Waals surface area contributed by atoms with Crippen molar-refractivity contribution in [2.75, 3.05) is 20.8 Å². The van der Waals surface area contributed by atoms with E-state index in [1.165, 1.54) is 12.0 Å². The molecule has 1 aliphatic heterocycles. The van der Waals surface area contributed by atoms with Crippen molar-refractivity contribution in [1.29, 1.82) is 0 Å². The molecule has 1 fully saturated rings. The number of aromatic nitrogens is 1. The number of pyridine rings is 1. The third-order valence-electron chi connectivity index (χ3n) is 6.01. The van der Waals surface area contributed by atoms with Gasteiger partial charge in [-0.05, 0) is 55.8 Å². The summed E-state index contributed by atoms with van der Waals surface area (Å²) in [5.74, 6) is 0.122. The van der Waals surface area contributed by atoms with E-state index in [1.807, 2.05) is 45.0 Å². The molecule has 0 bridgehead atoms. The van der Waals surface area contributed by atoms with Gasteiger partial charge in [-0.15, -0.1) is 0 Å². The molecule has 0 radical (unpaired) electrons. The number of fused-ring (bicyclic) bond motifs is 1. The van der Waals surface area contributed by atoms with Crippen LogP contribution in [0.25, 0.3) is 10.8 Å². The Bertz CT molecular complexity index is 1150. The normalized spacial score (nSPS) is 18.8. The second-order valence-corrected chi connectivity index (χ2v) is 11.2. The highest BCUT2D eigenvalue weighted by atomic mass is 16.6. The maximum atomic E-state index is 13.8. The Labute approximate surface area is 217 Å². The highest BCUT2D eigenvalue weighted by Gasteiger charge is 2.46. The van der Waals surface area contributed by atoms with Gasteiger partial charge in [0.2, 0.25) is 11.8 Å². The van der Waals surface area contributed by atoms with Gasteiger partial charge in [0.05, 0.1) is 20.8 Å². The lowest BCUT2D eigenvalue weighted by Gasteiger charge is -2.35. The summed E-state index contributed by atoms with van der Waals surface area (Å²) in [6.07, 6.45) is 0.622. The molecule has 2 aromatic rings. The summed E-state index contributed by atoms with van der Waals surface area (Å²) in [5.41, 5.74) is -1.39. The van der Waals surface area contributed by atoms with Crippen LogP contribution in [-0.4, -0.2) is 72.4 Å². The summed E-state index contributed by atoms with van der Waals surface area (Å²) in [7, 11) is 2.87. The van der Waals surface area contributed by atoms with Crippen LogP contribution in [0, 0.1) is 5.41 Å². The molecule has 10 nitrogen and oxygen atoms in total. The molecule has 0 spiro atoms. The van der Waals surface area contributed by atoms with Gasteiger partial charge >= 0.3 is 12.1 Å². The van der Waals surface area contributed by atoms with Gasteiger partial charge in [-0.3, -0.25) is 4.79 Å². The molecule has 1 aliphatic rings. The van der Waals surface area contributed by atoms with Crippen molar-refractivity contribution in [1.82, 2.24) is 15.2 Å². The molecule has 1 aromatic carbocycles. The predicted molar refractivity (Wildman–Crippen MR) is 137 cm³/mol. The van der Waals surface area contributed by atoms with Crippen molar-refractivity contribution in [2.45, 2.75) is 71.8 Å². The highest BCUT2D eigenvalue weighted by Crippen LogP contribution is 2.31. The fourth-order valence-corrected chi connectivity index (χ4v) is 4.23. The van der Waals surface area contributed by atoms with Gasteiger partial charge in [-0.1, -0.05) is 20.8 Å². The maximum absolute atomic E-state index is 13.8. The third kappa shape index (κ3) is 6.81. The Balaban J connectivity index is 1.86. The van der Waals surface area contributed by atoms with E-state index >= 15 is 0 Å². The summed E-state index contributed by atoms with van der Waals surface area (Å²) in [6, 6.07) is 5.57. The molecule has 37 heavy (non-hydrogen) atoms. The second-order valence-electron chi connectivity index (χ2n) is 11.2. The zero-order chi connectivity index (χ0) is 27.5. The van der Waals surface area contributed by atoms with Crippen LogP contribution in [0.5, 0.6) is 11.6 Å². The molecule has 2 amide bonds. The third-order valence-corrected chi connectivity index (χ3v) is 6.01. The average Bonchev–Trinajstić information content (AvgIpc) is 3.23. The number of ether oxygens (including phenoxy) is 4. The first kappa shape index (κ1) is 28.0. The summed E-state index contributed by atoms with van der Waals surface area (Å²) in [6.45, 7) is 10.8. The number of alkyl carbamates (subject to hydrolysis) is 1. The van der Waals surface area contributed by atoms with Crippen molar-refractivity contribution in [3.8, 4) is 11.6 Å². The average molecular weight is 516 g/mol. The van der Waals surface area contributed by atoms with Crippen molar-refractivity contribution in [3.63, 3.8) is 0 Å². The van der Waals surface area contributed by atoms with Crippen LogP contribution in [0.1, 0.15) is 48.0 Å². The lowest BCUT2D eigenvalue weighted by molar-refractivity contribution is -0.152. The monoisotopic (exact) mass is 515 g/mol. The quantitative estimate of drug-likeness (QED) is 0.579. The number of nitrogens with one attached hydrogen (secondary N) is 1. The van der Waals surface area contributed by atoms with Gasteiger partial charge < -0.3 is 29.2 Å². The van der Waals surface area contributed by atoms with Crippen LogP contribution in [0.15, 0.2) is 30.5 Å².